The van der Waals surface area contributed by atoms with Gasteiger partial charge in [-0.05, 0) is 82.0 Å². The standard InChI is InChI=1S/C30H26Cl3FN2O5/c1-28(2,3)36-24(38)18-10-9-17-20(22(18)25(36)39)13-29(32)26(40)35(16-7-5-15(34)6-8-16)27(41)30(29,33)23(17)19-12-14(31)4-11-21(19)37/h4-9,11-12,18,20,22-23,37H,10,13H2,1-3H3/t18-,20+,22-,23+,29+,30-/m0/s1. The Hall–Kier alpha value is -2.94. The summed E-state index contributed by atoms with van der Waals surface area (Å²) in [5.41, 5.74) is -0.00312. The monoisotopic (exact) mass is 618 g/mol. The van der Waals surface area contributed by atoms with Gasteiger partial charge in [-0.1, -0.05) is 23.3 Å². The summed E-state index contributed by atoms with van der Waals surface area (Å²) in [5.74, 6) is -6.59. The lowest BCUT2D eigenvalue weighted by molar-refractivity contribution is -0.145. The summed E-state index contributed by atoms with van der Waals surface area (Å²) in [5, 5.41) is 11.3. The molecule has 2 heterocycles. The highest BCUT2D eigenvalue weighted by molar-refractivity contribution is 6.58. The fourth-order valence-corrected chi connectivity index (χ4v) is 8.27. The lowest BCUT2D eigenvalue weighted by Crippen LogP contribution is -2.60. The van der Waals surface area contributed by atoms with Crippen LogP contribution in [-0.2, 0) is 19.2 Å². The van der Waals surface area contributed by atoms with Gasteiger partial charge >= 0.3 is 0 Å². The second-order valence-electron chi connectivity index (χ2n) is 12.1. The first-order valence-corrected chi connectivity index (χ1v) is 14.3. The maximum absolute atomic E-state index is 14.3. The summed E-state index contributed by atoms with van der Waals surface area (Å²) >= 11 is 20.9. The van der Waals surface area contributed by atoms with Gasteiger partial charge < -0.3 is 5.11 Å². The third-order valence-electron chi connectivity index (χ3n) is 8.87. The molecule has 11 heteroatoms. The zero-order chi connectivity index (χ0) is 29.8. The number of phenolic OH excluding ortho intramolecular Hbond substituents is 1. The number of carbonyl (C=O) groups is 4. The van der Waals surface area contributed by atoms with Crippen molar-refractivity contribution in [2.75, 3.05) is 4.90 Å². The smallest absolute Gasteiger partial charge is 0.258 e. The van der Waals surface area contributed by atoms with Crippen LogP contribution >= 0.6 is 34.8 Å². The highest BCUT2D eigenvalue weighted by Gasteiger charge is 2.77. The molecule has 2 aliphatic carbocycles. The van der Waals surface area contributed by atoms with Crippen LogP contribution in [0.15, 0.2) is 54.1 Å². The van der Waals surface area contributed by atoms with Gasteiger partial charge in [0, 0.05) is 22.0 Å². The van der Waals surface area contributed by atoms with E-state index in [4.69, 9.17) is 34.8 Å². The second kappa shape index (κ2) is 9.03. The number of benzene rings is 2. The van der Waals surface area contributed by atoms with Crippen molar-refractivity contribution in [3.63, 3.8) is 0 Å². The number of aromatic hydroxyl groups is 1. The molecule has 7 nitrogen and oxygen atoms in total. The van der Waals surface area contributed by atoms with Gasteiger partial charge in [-0.15, -0.1) is 23.2 Å². The van der Waals surface area contributed by atoms with Crippen molar-refractivity contribution in [1.82, 2.24) is 4.90 Å². The van der Waals surface area contributed by atoms with Gasteiger partial charge in [0.2, 0.25) is 11.8 Å². The lowest BCUT2D eigenvalue weighted by Gasteiger charge is -2.50. The van der Waals surface area contributed by atoms with Crippen LogP contribution in [0.2, 0.25) is 5.02 Å². The quantitative estimate of drug-likeness (QED) is 0.270. The van der Waals surface area contributed by atoms with Gasteiger partial charge in [0.25, 0.3) is 11.8 Å². The van der Waals surface area contributed by atoms with E-state index in [9.17, 15) is 28.7 Å². The van der Waals surface area contributed by atoms with Gasteiger partial charge in [-0.2, -0.15) is 0 Å². The molecular formula is C30H26Cl3FN2O5. The van der Waals surface area contributed by atoms with E-state index in [0.717, 1.165) is 17.0 Å². The average molecular weight is 620 g/mol. The molecule has 214 valence electrons. The van der Waals surface area contributed by atoms with Gasteiger partial charge in [0.15, 0.2) is 9.75 Å². The Balaban J connectivity index is 1.58. The maximum Gasteiger partial charge on any atom is 0.258 e. The molecule has 2 aromatic rings. The summed E-state index contributed by atoms with van der Waals surface area (Å²) in [6.45, 7) is 5.32. The molecule has 41 heavy (non-hydrogen) atoms. The molecule has 2 aromatic carbocycles. The number of halogens is 4. The van der Waals surface area contributed by atoms with Crippen LogP contribution in [0.5, 0.6) is 5.75 Å². The lowest BCUT2D eigenvalue weighted by atomic mass is 9.56. The van der Waals surface area contributed by atoms with E-state index >= 15 is 0 Å². The Morgan fingerprint density at radius 1 is 0.951 bits per heavy atom. The van der Waals surface area contributed by atoms with Crippen LogP contribution in [0.1, 0.15) is 45.1 Å². The fourth-order valence-electron chi connectivity index (χ4n) is 7.16. The number of alkyl halides is 2. The van der Waals surface area contributed by atoms with Crippen molar-refractivity contribution in [3.05, 3.63) is 70.5 Å². The Labute approximate surface area is 250 Å². The number of rotatable bonds is 2. The Bertz CT molecular complexity index is 1570. The normalized spacial score (nSPS) is 33.1. The minimum atomic E-state index is -2.15. The number of anilines is 1. The highest BCUT2D eigenvalue weighted by Crippen LogP contribution is 2.66. The highest BCUT2D eigenvalue weighted by atomic mass is 35.5. The first kappa shape index (κ1) is 28.2. The summed E-state index contributed by atoms with van der Waals surface area (Å²) in [7, 11) is 0. The molecule has 2 saturated heterocycles. The topological polar surface area (TPSA) is 95.0 Å². The van der Waals surface area contributed by atoms with Gasteiger partial charge in [0.05, 0.1) is 17.5 Å². The Morgan fingerprint density at radius 2 is 1.61 bits per heavy atom. The number of hydrogen-bond acceptors (Lipinski definition) is 5. The number of hydrogen-bond donors (Lipinski definition) is 1. The van der Waals surface area contributed by atoms with Crippen LogP contribution in [0.3, 0.4) is 0 Å². The maximum atomic E-state index is 14.3. The van der Waals surface area contributed by atoms with Crippen molar-refractivity contribution >= 4 is 64.1 Å². The molecule has 0 bridgehead atoms. The number of carbonyl (C=O) groups excluding carboxylic acids is 4. The van der Waals surface area contributed by atoms with Crippen LogP contribution in [-0.4, -0.2) is 48.9 Å². The van der Waals surface area contributed by atoms with Crippen LogP contribution in [0, 0.1) is 23.6 Å². The van der Waals surface area contributed by atoms with Crippen molar-refractivity contribution in [2.45, 2.75) is 54.8 Å². The van der Waals surface area contributed by atoms with Crippen LogP contribution in [0.4, 0.5) is 10.1 Å². The summed E-state index contributed by atoms with van der Waals surface area (Å²) in [6.07, 6.45) is 1.78. The zero-order valence-corrected chi connectivity index (χ0v) is 24.6. The van der Waals surface area contributed by atoms with Crippen molar-refractivity contribution < 1.29 is 28.7 Å². The molecule has 0 aromatic heterocycles. The molecular weight excluding hydrogens is 594 g/mol. The number of fused-ring (bicyclic) bond motifs is 4. The van der Waals surface area contributed by atoms with E-state index in [-0.39, 0.29) is 46.7 Å². The van der Waals surface area contributed by atoms with Gasteiger partial charge in [0.1, 0.15) is 11.6 Å². The number of phenols is 1. The van der Waals surface area contributed by atoms with E-state index in [0.29, 0.717) is 5.57 Å². The summed E-state index contributed by atoms with van der Waals surface area (Å²) in [4.78, 5) is 53.7. The van der Waals surface area contributed by atoms with Gasteiger partial charge in [-0.3, -0.25) is 24.1 Å². The SMILES string of the molecule is CC(C)(C)N1C(=O)[C@H]2[C@H](CC=C3[C@H]2C[C@@]2(Cl)C(=O)N(c4ccc(F)cc4)C(=O)[C@@]2(Cl)[C@H]3c2cc(Cl)ccc2O)C1=O. The van der Waals surface area contributed by atoms with E-state index in [1.807, 2.05) is 0 Å². The fraction of sp³-hybridized carbons (Fsp3) is 0.400. The minimum absolute atomic E-state index is 0.0748. The molecule has 1 N–H and O–H groups in total. The summed E-state index contributed by atoms with van der Waals surface area (Å²) < 4.78 is 13.7. The first-order valence-electron chi connectivity index (χ1n) is 13.2. The van der Waals surface area contributed by atoms with E-state index in [2.05, 4.69) is 0 Å². The molecule has 4 amide bonds. The van der Waals surface area contributed by atoms with Crippen molar-refractivity contribution in [3.8, 4) is 5.75 Å². The number of allylic oxidation sites excluding steroid dienone is 2. The van der Waals surface area contributed by atoms with E-state index in [1.54, 1.807) is 26.8 Å². The predicted molar refractivity (Wildman–Crippen MR) is 151 cm³/mol. The molecule has 0 radical (unpaired) electrons. The van der Waals surface area contributed by atoms with Crippen molar-refractivity contribution in [2.24, 2.45) is 17.8 Å². The number of amides is 4. The number of imide groups is 2. The van der Waals surface area contributed by atoms with Gasteiger partial charge in [-0.25, -0.2) is 9.29 Å². The molecule has 6 rings (SSSR count). The Kier molecular flexibility index (Phi) is 6.21. The third kappa shape index (κ3) is 3.69. The molecule has 0 unspecified atom stereocenters. The molecule has 1 saturated carbocycles. The average Bonchev–Trinajstić information content (AvgIpc) is 3.24. The largest absolute Gasteiger partial charge is 0.508 e. The molecule has 2 aliphatic heterocycles. The van der Waals surface area contributed by atoms with Crippen LogP contribution in [0.25, 0.3) is 0 Å². The van der Waals surface area contributed by atoms with E-state index < -0.39 is 56.6 Å². The predicted octanol–water partition coefficient (Wildman–Crippen LogP) is 5.55. The first-order chi connectivity index (χ1) is 19.1. The number of nitrogens with zero attached hydrogens (tertiary/aromatic N) is 2. The zero-order valence-electron chi connectivity index (χ0n) is 22.3. The Morgan fingerprint density at radius 3 is 2.24 bits per heavy atom. The summed E-state index contributed by atoms with van der Waals surface area (Å²) in [6, 6.07) is 9.05. The molecule has 3 fully saturated rings. The second-order valence-corrected chi connectivity index (χ2v) is 13.8. The third-order valence-corrected chi connectivity index (χ3v) is 10.5. The van der Waals surface area contributed by atoms with Crippen LogP contribution < -0.4 is 4.90 Å². The minimum Gasteiger partial charge on any atom is -0.508 e. The van der Waals surface area contributed by atoms with E-state index in [1.165, 1.54) is 35.2 Å². The number of likely N-dealkylation sites (tertiary alicyclic amines) is 1. The van der Waals surface area contributed by atoms with Crippen molar-refractivity contribution in [1.29, 1.82) is 0 Å². The molecule has 0 spiro atoms. The molecule has 4 aliphatic rings. The molecule has 6 atom stereocenters.